The highest BCUT2D eigenvalue weighted by Crippen LogP contribution is 2.10. The molecule has 0 aliphatic rings. The largest absolute Gasteiger partial charge is 0.365 e. The third kappa shape index (κ3) is 2.51. The highest BCUT2D eigenvalue weighted by atomic mass is 79.9. The fraction of sp³-hybridized carbons (Fsp3) is 0. The van der Waals surface area contributed by atoms with Crippen molar-refractivity contribution in [2.75, 3.05) is 0 Å². The van der Waals surface area contributed by atoms with Crippen molar-refractivity contribution in [3.63, 3.8) is 0 Å². The summed E-state index contributed by atoms with van der Waals surface area (Å²) in [5, 5.41) is 0. The van der Waals surface area contributed by atoms with Crippen molar-refractivity contribution in [1.29, 1.82) is 0 Å². The quantitative estimate of drug-likeness (QED) is 0.769. The van der Waals surface area contributed by atoms with Crippen LogP contribution in [0.5, 0.6) is 0 Å². The summed E-state index contributed by atoms with van der Waals surface area (Å²) in [7, 11) is 0. The van der Waals surface area contributed by atoms with Crippen LogP contribution < -0.4 is 5.73 Å². The Labute approximate surface area is 79.2 Å². The second kappa shape index (κ2) is 4.07. The molecule has 0 aromatic heterocycles. The molecule has 0 bridgehead atoms. The summed E-state index contributed by atoms with van der Waals surface area (Å²) < 4.78 is 0.383. The van der Waals surface area contributed by atoms with Crippen LogP contribution in [-0.2, 0) is 4.79 Å². The van der Waals surface area contributed by atoms with Gasteiger partial charge in [-0.25, -0.2) is 0 Å². The molecule has 0 saturated heterocycles. The average molecular weight is 226 g/mol. The zero-order valence-corrected chi connectivity index (χ0v) is 7.91. The van der Waals surface area contributed by atoms with Crippen LogP contribution in [0.25, 0.3) is 6.08 Å². The van der Waals surface area contributed by atoms with Crippen LogP contribution in [0.3, 0.4) is 0 Å². The smallest absolute Gasteiger partial charge is 0.255 e. The number of hydrogen-bond acceptors (Lipinski definition) is 1. The molecule has 0 aliphatic heterocycles. The molecule has 0 heterocycles. The molecule has 1 aromatic carbocycles. The second-order valence-corrected chi connectivity index (χ2v) is 3.12. The van der Waals surface area contributed by atoms with Gasteiger partial charge in [0.2, 0.25) is 0 Å². The summed E-state index contributed by atoms with van der Waals surface area (Å²) in [6, 6.07) is 9.49. The van der Waals surface area contributed by atoms with E-state index in [1.807, 2.05) is 30.3 Å². The summed E-state index contributed by atoms with van der Waals surface area (Å²) >= 11 is 3.07. The number of halogens is 1. The van der Waals surface area contributed by atoms with Gasteiger partial charge in [-0.1, -0.05) is 30.3 Å². The van der Waals surface area contributed by atoms with Crippen molar-refractivity contribution in [2.24, 2.45) is 5.73 Å². The van der Waals surface area contributed by atoms with Crippen LogP contribution in [0, 0.1) is 0 Å². The third-order valence-electron chi connectivity index (χ3n) is 1.33. The molecule has 0 spiro atoms. The normalized spacial score (nSPS) is 11.2. The van der Waals surface area contributed by atoms with Crippen LogP contribution in [0.1, 0.15) is 5.56 Å². The third-order valence-corrected chi connectivity index (χ3v) is 1.95. The molecular formula is C9H8BrNO. The Bertz CT molecular complexity index is 306. The van der Waals surface area contributed by atoms with Crippen LogP contribution >= 0.6 is 15.9 Å². The molecule has 2 N–H and O–H groups in total. The van der Waals surface area contributed by atoms with E-state index in [9.17, 15) is 4.79 Å². The van der Waals surface area contributed by atoms with Crippen LogP contribution in [0.2, 0.25) is 0 Å². The Balaban J connectivity index is 2.89. The van der Waals surface area contributed by atoms with E-state index < -0.39 is 5.91 Å². The fourth-order valence-electron chi connectivity index (χ4n) is 0.767. The van der Waals surface area contributed by atoms with E-state index in [1.165, 1.54) is 0 Å². The minimum absolute atomic E-state index is 0.383. The molecule has 62 valence electrons. The Hall–Kier alpha value is -1.09. The Morgan fingerprint density at radius 1 is 1.33 bits per heavy atom. The first-order valence-corrected chi connectivity index (χ1v) is 4.21. The Kier molecular flexibility index (Phi) is 3.05. The molecule has 0 saturated carbocycles. The van der Waals surface area contributed by atoms with Gasteiger partial charge in [0, 0.05) is 0 Å². The van der Waals surface area contributed by atoms with Gasteiger partial charge >= 0.3 is 0 Å². The van der Waals surface area contributed by atoms with Crippen LogP contribution in [-0.4, -0.2) is 5.91 Å². The number of benzene rings is 1. The average Bonchev–Trinajstić information content (AvgIpc) is 2.06. The van der Waals surface area contributed by atoms with Crippen molar-refractivity contribution < 1.29 is 4.79 Å². The summed E-state index contributed by atoms with van der Waals surface area (Å²) in [5.74, 6) is -0.459. The lowest BCUT2D eigenvalue weighted by atomic mass is 10.2. The van der Waals surface area contributed by atoms with Gasteiger partial charge in [0.1, 0.15) is 0 Å². The molecular weight excluding hydrogens is 218 g/mol. The highest BCUT2D eigenvalue weighted by Gasteiger charge is 1.97. The van der Waals surface area contributed by atoms with Crippen molar-refractivity contribution in [2.45, 2.75) is 0 Å². The van der Waals surface area contributed by atoms with Gasteiger partial charge in [-0.15, -0.1) is 0 Å². The van der Waals surface area contributed by atoms with E-state index >= 15 is 0 Å². The number of carbonyl (C=O) groups excluding carboxylic acids is 1. The van der Waals surface area contributed by atoms with E-state index in [4.69, 9.17) is 5.73 Å². The van der Waals surface area contributed by atoms with Crippen LogP contribution in [0.4, 0.5) is 0 Å². The van der Waals surface area contributed by atoms with E-state index in [0.29, 0.717) is 4.48 Å². The lowest BCUT2D eigenvalue weighted by molar-refractivity contribution is -0.113. The monoisotopic (exact) mass is 225 g/mol. The van der Waals surface area contributed by atoms with E-state index in [1.54, 1.807) is 6.08 Å². The highest BCUT2D eigenvalue weighted by molar-refractivity contribution is 9.12. The minimum atomic E-state index is -0.459. The lowest BCUT2D eigenvalue weighted by Crippen LogP contribution is -2.09. The maximum Gasteiger partial charge on any atom is 0.255 e. The molecule has 2 nitrogen and oxygen atoms in total. The van der Waals surface area contributed by atoms with Gasteiger partial charge in [-0.05, 0) is 27.6 Å². The maximum absolute atomic E-state index is 10.6. The Morgan fingerprint density at radius 3 is 2.42 bits per heavy atom. The molecule has 1 rings (SSSR count). The first-order chi connectivity index (χ1) is 5.70. The zero-order chi connectivity index (χ0) is 8.97. The number of nitrogens with two attached hydrogens (primary N) is 1. The number of hydrogen-bond donors (Lipinski definition) is 1. The summed E-state index contributed by atoms with van der Waals surface area (Å²) in [6.07, 6.45) is 1.68. The van der Waals surface area contributed by atoms with Gasteiger partial charge in [-0.3, -0.25) is 4.79 Å². The number of primary amides is 1. The molecule has 1 amide bonds. The Morgan fingerprint density at radius 2 is 1.92 bits per heavy atom. The van der Waals surface area contributed by atoms with E-state index in [-0.39, 0.29) is 0 Å². The predicted octanol–water partition coefficient (Wildman–Crippen LogP) is 1.91. The van der Waals surface area contributed by atoms with Gasteiger partial charge < -0.3 is 5.73 Å². The minimum Gasteiger partial charge on any atom is -0.365 e. The molecule has 0 aliphatic carbocycles. The number of rotatable bonds is 2. The van der Waals surface area contributed by atoms with E-state index in [2.05, 4.69) is 15.9 Å². The molecule has 1 aromatic rings. The van der Waals surface area contributed by atoms with Crippen molar-refractivity contribution in [3.05, 3.63) is 40.4 Å². The van der Waals surface area contributed by atoms with Gasteiger partial charge in [0.25, 0.3) is 5.91 Å². The number of carbonyl (C=O) groups is 1. The van der Waals surface area contributed by atoms with Gasteiger partial charge in [-0.2, -0.15) is 0 Å². The molecule has 0 atom stereocenters. The zero-order valence-electron chi connectivity index (χ0n) is 6.33. The first-order valence-electron chi connectivity index (χ1n) is 3.42. The topological polar surface area (TPSA) is 43.1 Å². The van der Waals surface area contributed by atoms with Crippen LogP contribution in [0.15, 0.2) is 34.8 Å². The van der Waals surface area contributed by atoms with Gasteiger partial charge in [0.05, 0.1) is 4.48 Å². The predicted molar refractivity (Wildman–Crippen MR) is 52.5 cm³/mol. The first kappa shape index (κ1) is 9.00. The summed E-state index contributed by atoms with van der Waals surface area (Å²) in [5.41, 5.74) is 5.98. The van der Waals surface area contributed by atoms with Crippen molar-refractivity contribution in [3.8, 4) is 0 Å². The second-order valence-electron chi connectivity index (χ2n) is 2.27. The SMILES string of the molecule is NC(=O)C(Br)=Cc1ccccc1. The van der Waals surface area contributed by atoms with Crippen molar-refractivity contribution >= 4 is 27.9 Å². The fourth-order valence-corrected chi connectivity index (χ4v) is 1.03. The van der Waals surface area contributed by atoms with E-state index in [0.717, 1.165) is 5.56 Å². The molecule has 0 fully saturated rings. The molecule has 0 unspecified atom stereocenters. The van der Waals surface area contributed by atoms with Gasteiger partial charge in [0.15, 0.2) is 0 Å². The summed E-state index contributed by atoms with van der Waals surface area (Å²) in [6.45, 7) is 0. The standard InChI is InChI=1S/C9H8BrNO/c10-8(9(11)12)6-7-4-2-1-3-5-7/h1-6H,(H2,11,12). The molecule has 3 heteroatoms. The molecule has 0 radical (unpaired) electrons. The van der Waals surface area contributed by atoms with Crippen molar-refractivity contribution in [1.82, 2.24) is 0 Å². The molecule has 12 heavy (non-hydrogen) atoms. The lowest BCUT2D eigenvalue weighted by Gasteiger charge is -1.93. The number of amides is 1. The summed E-state index contributed by atoms with van der Waals surface area (Å²) in [4.78, 5) is 10.6. The maximum atomic E-state index is 10.6.